The van der Waals surface area contributed by atoms with Crippen LogP contribution >= 0.6 is 0 Å². The zero-order valence-corrected chi connectivity index (χ0v) is 13.8. The third-order valence-electron chi connectivity index (χ3n) is 4.22. The second kappa shape index (κ2) is 7.47. The van der Waals surface area contributed by atoms with Crippen LogP contribution in [0.15, 0.2) is 54.6 Å². The molecule has 24 heavy (non-hydrogen) atoms. The lowest BCUT2D eigenvalue weighted by atomic mass is 10.1. The van der Waals surface area contributed by atoms with E-state index in [1.807, 2.05) is 49.5 Å². The highest BCUT2D eigenvalue weighted by Gasteiger charge is 2.29. The number of aliphatic hydroxyl groups excluding tert-OH is 1. The lowest BCUT2D eigenvalue weighted by Crippen LogP contribution is -2.55. The Labute approximate surface area is 142 Å². The standard InChI is InChI=1S/C19H22N2O3/c1-20-10-11-21(16(13-20)14-22)19(23)15-6-5-9-18(12-15)24-17-7-3-2-4-8-17/h2-9,12,16,22H,10-11,13-14H2,1H3. The van der Waals surface area contributed by atoms with Crippen LogP contribution in [0.4, 0.5) is 0 Å². The van der Waals surface area contributed by atoms with Gasteiger partial charge in [-0.25, -0.2) is 0 Å². The minimum Gasteiger partial charge on any atom is -0.457 e. The molecule has 3 rings (SSSR count). The number of para-hydroxylation sites is 1. The SMILES string of the molecule is CN1CCN(C(=O)c2cccc(Oc3ccccc3)c2)C(CO)C1. The van der Waals surface area contributed by atoms with Crippen molar-refractivity contribution >= 4 is 5.91 Å². The Hall–Kier alpha value is -2.37. The highest BCUT2D eigenvalue weighted by molar-refractivity contribution is 5.95. The van der Waals surface area contributed by atoms with Gasteiger partial charge in [-0.15, -0.1) is 0 Å². The van der Waals surface area contributed by atoms with Gasteiger partial charge in [0, 0.05) is 25.2 Å². The Morgan fingerprint density at radius 1 is 1.12 bits per heavy atom. The van der Waals surface area contributed by atoms with Crippen molar-refractivity contribution in [2.45, 2.75) is 6.04 Å². The van der Waals surface area contributed by atoms with E-state index in [0.717, 1.165) is 12.3 Å². The molecule has 2 aromatic carbocycles. The molecule has 1 unspecified atom stereocenters. The second-order valence-corrected chi connectivity index (χ2v) is 6.04. The number of ether oxygens (including phenoxy) is 1. The molecule has 0 aliphatic carbocycles. The Balaban J connectivity index is 1.76. The zero-order valence-electron chi connectivity index (χ0n) is 13.8. The summed E-state index contributed by atoms with van der Waals surface area (Å²) < 4.78 is 5.80. The van der Waals surface area contributed by atoms with Gasteiger partial charge in [-0.05, 0) is 37.4 Å². The van der Waals surface area contributed by atoms with E-state index in [-0.39, 0.29) is 18.6 Å². The second-order valence-electron chi connectivity index (χ2n) is 6.04. The average molecular weight is 326 g/mol. The van der Waals surface area contributed by atoms with Crippen LogP contribution in [0.25, 0.3) is 0 Å². The topological polar surface area (TPSA) is 53.0 Å². The van der Waals surface area contributed by atoms with Crippen molar-refractivity contribution in [3.8, 4) is 11.5 Å². The molecule has 0 aromatic heterocycles. The smallest absolute Gasteiger partial charge is 0.254 e. The number of hydrogen-bond acceptors (Lipinski definition) is 4. The predicted molar refractivity (Wildman–Crippen MR) is 92.4 cm³/mol. The fourth-order valence-electron chi connectivity index (χ4n) is 2.92. The number of likely N-dealkylation sites (N-methyl/N-ethyl adjacent to an activating group) is 1. The number of piperazine rings is 1. The quantitative estimate of drug-likeness (QED) is 0.936. The average Bonchev–Trinajstić information content (AvgIpc) is 2.62. The van der Waals surface area contributed by atoms with Gasteiger partial charge in [-0.1, -0.05) is 24.3 Å². The maximum Gasteiger partial charge on any atom is 0.254 e. The van der Waals surface area contributed by atoms with Crippen molar-refractivity contribution in [1.82, 2.24) is 9.80 Å². The predicted octanol–water partition coefficient (Wildman–Crippen LogP) is 2.23. The molecule has 0 saturated carbocycles. The van der Waals surface area contributed by atoms with E-state index in [1.54, 1.807) is 17.0 Å². The van der Waals surface area contributed by atoms with Crippen LogP contribution in [0, 0.1) is 0 Å². The van der Waals surface area contributed by atoms with E-state index in [9.17, 15) is 9.90 Å². The van der Waals surface area contributed by atoms with Crippen molar-refractivity contribution < 1.29 is 14.6 Å². The summed E-state index contributed by atoms with van der Waals surface area (Å²) in [5, 5.41) is 9.58. The maximum absolute atomic E-state index is 12.8. The Bertz CT molecular complexity index is 690. The number of rotatable bonds is 4. The number of nitrogens with zero attached hydrogens (tertiary/aromatic N) is 2. The molecule has 1 atom stereocenters. The summed E-state index contributed by atoms with van der Waals surface area (Å²) in [4.78, 5) is 16.7. The summed E-state index contributed by atoms with van der Waals surface area (Å²) in [6.07, 6.45) is 0. The molecular formula is C19H22N2O3. The van der Waals surface area contributed by atoms with Crippen LogP contribution in [-0.4, -0.2) is 60.1 Å². The number of carbonyl (C=O) groups excluding carboxylic acids is 1. The number of carbonyl (C=O) groups is 1. The summed E-state index contributed by atoms with van der Waals surface area (Å²) in [6.45, 7) is 2.07. The van der Waals surface area contributed by atoms with E-state index < -0.39 is 0 Å². The minimum atomic E-state index is -0.171. The molecule has 1 aliphatic rings. The first-order chi connectivity index (χ1) is 11.7. The zero-order chi connectivity index (χ0) is 16.9. The van der Waals surface area contributed by atoms with Gasteiger partial charge in [0.15, 0.2) is 0 Å². The van der Waals surface area contributed by atoms with Crippen LogP contribution in [0.1, 0.15) is 10.4 Å². The third kappa shape index (κ3) is 3.75. The Kier molecular flexibility index (Phi) is 5.13. The minimum absolute atomic E-state index is 0.0315. The van der Waals surface area contributed by atoms with Gasteiger partial charge in [-0.2, -0.15) is 0 Å². The molecule has 0 spiro atoms. The molecule has 5 heteroatoms. The molecule has 5 nitrogen and oxygen atoms in total. The fraction of sp³-hybridized carbons (Fsp3) is 0.316. The van der Waals surface area contributed by atoms with Gasteiger partial charge in [0.05, 0.1) is 12.6 Å². The van der Waals surface area contributed by atoms with Crippen molar-refractivity contribution in [3.05, 3.63) is 60.2 Å². The molecule has 0 radical (unpaired) electrons. The van der Waals surface area contributed by atoms with Crippen LogP contribution in [0.2, 0.25) is 0 Å². The molecule has 2 aromatic rings. The summed E-state index contributed by atoms with van der Waals surface area (Å²) in [5.74, 6) is 1.29. The molecular weight excluding hydrogens is 304 g/mol. The molecule has 1 N–H and O–H groups in total. The lowest BCUT2D eigenvalue weighted by Gasteiger charge is -2.39. The number of amides is 1. The molecule has 1 fully saturated rings. The Morgan fingerprint density at radius 3 is 2.62 bits per heavy atom. The van der Waals surface area contributed by atoms with Gasteiger partial charge in [0.1, 0.15) is 11.5 Å². The van der Waals surface area contributed by atoms with E-state index in [4.69, 9.17) is 4.74 Å². The largest absolute Gasteiger partial charge is 0.457 e. The first-order valence-electron chi connectivity index (χ1n) is 8.10. The van der Waals surface area contributed by atoms with E-state index in [2.05, 4.69) is 4.90 Å². The molecule has 1 aliphatic heterocycles. The third-order valence-corrected chi connectivity index (χ3v) is 4.22. The highest BCUT2D eigenvalue weighted by atomic mass is 16.5. The van der Waals surface area contributed by atoms with E-state index in [1.165, 1.54) is 0 Å². The van der Waals surface area contributed by atoms with Gasteiger partial charge in [-0.3, -0.25) is 4.79 Å². The van der Waals surface area contributed by atoms with Crippen LogP contribution in [-0.2, 0) is 0 Å². The normalized spacial score (nSPS) is 18.4. The Morgan fingerprint density at radius 2 is 1.88 bits per heavy atom. The molecule has 126 valence electrons. The first-order valence-corrected chi connectivity index (χ1v) is 8.10. The van der Waals surface area contributed by atoms with Gasteiger partial charge in [0.25, 0.3) is 5.91 Å². The fourth-order valence-corrected chi connectivity index (χ4v) is 2.92. The number of benzene rings is 2. The van der Waals surface area contributed by atoms with Gasteiger partial charge >= 0.3 is 0 Å². The lowest BCUT2D eigenvalue weighted by molar-refractivity contribution is 0.0356. The summed E-state index contributed by atoms with van der Waals surface area (Å²) in [6, 6.07) is 16.5. The van der Waals surface area contributed by atoms with Gasteiger partial charge in [0.2, 0.25) is 0 Å². The maximum atomic E-state index is 12.8. The monoisotopic (exact) mass is 326 g/mol. The summed E-state index contributed by atoms with van der Waals surface area (Å²) in [7, 11) is 2.00. The van der Waals surface area contributed by atoms with Crippen molar-refractivity contribution in [2.75, 3.05) is 33.3 Å². The van der Waals surface area contributed by atoms with Crippen molar-refractivity contribution in [1.29, 1.82) is 0 Å². The van der Waals surface area contributed by atoms with E-state index >= 15 is 0 Å². The van der Waals surface area contributed by atoms with Crippen LogP contribution in [0.5, 0.6) is 11.5 Å². The molecule has 1 amide bonds. The van der Waals surface area contributed by atoms with E-state index in [0.29, 0.717) is 24.4 Å². The van der Waals surface area contributed by atoms with Crippen molar-refractivity contribution in [2.24, 2.45) is 0 Å². The molecule has 0 bridgehead atoms. The number of aliphatic hydroxyl groups is 1. The first kappa shape index (κ1) is 16.5. The van der Waals surface area contributed by atoms with Crippen LogP contribution < -0.4 is 4.74 Å². The van der Waals surface area contributed by atoms with Crippen molar-refractivity contribution in [3.63, 3.8) is 0 Å². The van der Waals surface area contributed by atoms with Gasteiger partial charge < -0.3 is 19.6 Å². The highest BCUT2D eigenvalue weighted by Crippen LogP contribution is 2.23. The molecule has 1 heterocycles. The van der Waals surface area contributed by atoms with Crippen LogP contribution in [0.3, 0.4) is 0 Å². The molecule has 1 saturated heterocycles. The summed E-state index contributed by atoms with van der Waals surface area (Å²) in [5.41, 5.74) is 0.575. The summed E-state index contributed by atoms with van der Waals surface area (Å²) >= 11 is 0. The number of hydrogen-bond donors (Lipinski definition) is 1.